The average Bonchev–Trinajstić information content (AvgIpc) is 3.09. The van der Waals surface area contributed by atoms with E-state index >= 15 is 0 Å². The molecule has 2 aromatic heterocycles. The molecule has 1 N–H and O–H groups in total. The van der Waals surface area contributed by atoms with Gasteiger partial charge in [-0.1, -0.05) is 6.42 Å². The van der Waals surface area contributed by atoms with Crippen LogP contribution in [0.1, 0.15) is 53.4 Å². The predicted molar refractivity (Wildman–Crippen MR) is 123 cm³/mol. The molecule has 0 bridgehead atoms. The van der Waals surface area contributed by atoms with Gasteiger partial charge in [-0.15, -0.1) is 0 Å². The summed E-state index contributed by atoms with van der Waals surface area (Å²) in [7, 11) is 0. The number of fused-ring (bicyclic) bond motifs is 1. The van der Waals surface area contributed by atoms with Gasteiger partial charge in [-0.2, -0.15) is 5.26 Å². The topological polar surface area (TPSA) is 91.0 Å². The molecule has 7 nitrogen and oxygen atoms in total. The van der Waals surface area contributed by atoms with Gasteiger partial charge in [0, 0.05) is 31.0 Å². The number of nitrogens with one attached hydrogen (secondary N) is 1. The molecule has 32 heavy (non-hydrogen) atoms. The SMILES string of the molecule is CC(=O)NCc1cnc2c(C(=O)CN3CCCCC3)c(C)n(-c3ccc(C#N)cc3)c2c1. The molecule has 0 atom stereocenters. The van der Waals surface area contributed by atoms with E-state index < -0.39 is 0 Å². The van der Waals surface area contributed by atoms with E-state index in [1.165, 1.54) is 13.3 Å². The quantitative estimate of drug-likeness (QED) is 0.606. The smallest absolute Gasteiger partial charge is 0.217 e. The van der Waals surface area contributed by atoms with Gasteiger partial charge in [0.2, 0.25) is 5.91 Å². The van der Waals surface area contributed by atoms with Crippen LogP contribution in [0.3, 0.4) is 0 Å². The maximum Gasteiger partial charge on any atom is 0.217 e. The van der Waals surface area contributed by atoms with Crippen LogP contribution >= 0.6 is 0 Å². The Morgan fingerprint density at radius 1 is 1.16 bits per heavy atom. The third-order valence-electron chi connectivity index (χ3n) is 5.99. The fourth-order valence-electron chi connectivity index (χ4n) is 4.40. The molecular formula is C25H27N5O2. The molecule has 3 heterocycles. The molecule has 0 unspecified atom stereocenters. The van der Waals surface area contributed by atoms with Crippen LogP contribution in [0.2, 0.25) is 0 Å². The molecule has 4 rings (SSSR count). The first-order valence-corrected chi connectivity index (χ1v) is 11.0. The minimum Gasteiger partial charge on any atom is -0.352 e. The van der Waals surface area contributed by atoms with Gasteiger partial charge in [0.25, 0.3) is 0 Å². The fourth-order valence-corrected chi connectivity index (χ4v) is 4.40. The lowest BCUT2D eigenvalue weighted by Gasteiger charge is -2.25. The molecule has 0 aliphatic carbocycles. The van der Waals surface area contributed by atoms with Crippen LogP contribution in [-0.2, 0) is 11.3 Å². The Morgan fingerprint density at radius 2 is 1.88 bits per heavy atom. The van der Waals surface area contributed by atoms with Crippen molar-refractivity contribution in [3.63, 3.8) is 0 Å². The largest absolute Gasteiger partial charge is 0.352 e. The third kappa shape index (κ3) is 4.41. The number of Topliss-reactive ketones (excluding diaryl/α,β-unsaturated/α-hetero) is 1. The summed E-state index contributed by atoms with van der Waals surface area (Å²) in [5, 5.41) is 11.9. The Kier molecular flexibility index (Phi) is 6.33. The Bertz CT molecular complexity index is 1200. The predicted octanol–water partition coefficient (Wildman–Crippen LogP) is 3.51. The highest BCUT2D eigenvalue weighted by molar-refractivity contribution is 6.09. The molecule has 1 aliphatic heterocycles. The van der Waals surface area contributed by atoms with Gasteiger partial charge in [-0.05, 0) is 68.8 Å². The number of hydrogen-bond donors (Lipinski definition) is 1. The number of pyridine rings is 1. The second-order valence-corrected chi connectivity index (χ2v) is 8.34. The van der Waals surface area contributed by atoms with Crippen LogP contribution in [0.25, 0.3) is 16.7 Å². The first-order valence-electron chi connectivity index (χ1n) is 11.0. The van der Waals surface area contributed by atoms with Crippen molar-refractivity contribution in [2.75, 3.05) is 19.6 Å². The van der Waals surface area contributed by atoms with Crippen molar-refractivity contribution in [3.8, 4) is 11.8 Å². The molecule has 0 radical (unpaired) electrons. The molecule has 1 aliphatic rings. The fraction of sp³-hybridized carbons (Fsp3) is 0.360. The van der Waals surface area contributed by atoms with Crippen LogP contribution in [0, 0.1) is 18.3 Å². The molecule has 0 spiro atoms. The van der Waals surface area contributed by atoms with Crippen LogP contribution in [-0.4, -0.2) is 45.8 Å². The normalized spacial score (nSPS) is 14.3. The highest BCUT2D eigenvalue weighted by atomic mass is 16.1. The molecule has 1 saturated heterocycles. The lowest BCUT2D eigenvalue weighted by molar-refractivity contribution is -0.119. The Morgan fingerprint density at radius 3 is 2.53 bits per heavy atom. The maximum atomic E-state index is 13.4. The van der Waals surface area contributed by atoms with Gasteiger partial charge in [-0.25, -0.2) is 0 Å². The van der Waals surface area contributed by atoms with Crippen molar-refractivity contribution in [3.05, 3.63) is 58.9 Å². The summed E-state index contributed by atoms with van der Waals surface area (Å²) in [5.41, 5.74) is 5.25. The Labute approximate surface area is 187 Å². The summed E-state index contributed by atoms with van der Waals surface area (Å²) < 4.78 is 2.02. The number of rotatable bonds is 6. The van der Waals surface area contributed by atoms with E-state index in [-0.39, 0.29) is 11.7 Å². The van der Waals surface area contributed by atoms with Crippen molar-refractivity contribution >= 4 is 22.7 Å². The second-order valence-electron chi connectivity index (χ2n) is 8.34. The van der Waals surface area contributed by atoms with Crippen molar-refractivity contribution in [1.82, 2.24) is 19.8 Å². The highest BCUT2D eigenvalue weighted by Crippen LogP contribution is 2.29. The van der Waals surface area contributed by atoms with Crippen LogP contribution in [0.15, 0.2) is 36.5 Å². The number of nitrogens with zero attached hydrogens (tertiary/aromatic N) is 4. The van der Waals surface area contributed by atoms with Crippen LogP contribution in [0.5, 0.6) is 0 Å². The second kappa shape index (κ2) is 9.33. The van der Waals surface area contributed by atoms with Crippen LogP contribution in [0.4, 0.5) is 0 Å². The number of nitriles is 1. The molecular weight excluding hydrogens is 402 g/mol. The number of benzene rings is 1. The number of aromatic nitrogens is 2. The molecule has 7 heteroatoms. The van der Waals surface area contributed by atoms with E-state index in [0.29, 0.717) is 29.7 Å². The number of ketones is 1. The number of likely N-dealkylation sites (tertiary alicyclic amines) is 1. The number of carbonyl (C=O) groups excluding carboxylic acids is 2. The van der Waals surface area contributed by atoms with E-state index in [4.69, 9.17) is 5.26 Å². The van der Waals surface area contributed by atoms with Gasteiger partial charge in [0.05, 0.1) is 34.8 Å². The molecule has 3 aromatic rings. The summed E-state index contributed by atoms with van der Waals surface area (Å²) in [6, 6.07) is 11.4. The Hall–Kier alpha value is -3.50. The first-order chi connectivity index (χ1) is 15.5. The zero-order valence-electron chi connectivity index (χ0n) is 18.5. The van der Waals surface area contributed by atoms with Gasteiger partial charge in [-0.3, -0.25) is 19.5 Å². The van der Waals surface area contributed by atoms with E-state index in [2.05, 4.69) is 21.3 Å². The number of hydrogen-bond acceptors (Lipinski definition) is 5. The van der Waals surface area contributed by atoms with Gasteiger partial charge < -0.3 is 9.88 Å². The van der Waals surface area contributed by atoms with Crippen molar-refractivity contribution in [2.45, 2.75) is 39.7 Å². The maximum absolute atomic E-state index is 13.4. The lowest BCUT2D eigenvalue weighted by atomic mass is 10.1. The van der Waals surface area contributed by atoms with Crippen molar-refractivity contribution in [1.29, 1.82) is 5.26 Å². The van der Waals surface area contributed by atoms with Crippen molar-refractivity contribution < 1.29 is 9.59 Å². The summed E-state index contributed by atoms with van der Waals surface area (Å²) in [6.07, 6.45) is 5.20. The van der Waals surface area contributed by atoms with Crippen LogP contribution < -0.4 is 5.32 Å². The Balaban J connectivity index is 1.80. The van der Waals surface area contributed by atoms with Gasteiger partial charge >= 0.3 is 0 Å². The van der Waals surface area contributed by atoms with E-state index in [1.807, 2.05) is 29.7 Å². The third-order valence-corrected chi connectivity index (χ3v) is 5.99. The van der Waals surface area contributed by atoms with Gasteiger partial charge in [0.1, 0.15) is 0 Å². The molecule has 1 amide bonds. The zero-order valence-corrected chi connectivity index (χ0v) is 18.5. The monoisotopic (exact) mass is 429 g/mol. The summed E-state index contributed by atoms with van der Waals surface area (Å²) in [4.78, 5) is 31.6. The minimum atomic E-state index is -0.110. The van der Waals surface area contributed by atoms with E-state index in [1.54, 1.807) is 18.3 Å². The summed E-state index contributed by atoms with van der Waals surface area (Å²) in [5.74, 6) is -0.0370. The molecule has 1 fully saturated rings. The van der Waals surface area contributed by atoms with E-state index in [9.17, 15) is 9.59 Å². The number of amides is 1. The highest BCUT2D eigenvalue weighted by Gasteiger charge is 2.24. The van der Waals surface area contributed by atoms with Gasteiger partial charge in [0.15, 0.2) is 5.78 Å². The summed E-state index contributed by atoms with van der Waals surface area (Å²) in [6.45, 7) is 6.08. The average molecular weight is 430 g/mol. The first kappa shape index (κ1) is 21.7. The molecule has 164 valence electrons. The number of carbonyl (C=O) groups is 2. The standard InChI is InChI=1S/C25H27N5O2/c1-17-24(23(32)16-29-10-4-3-5-11-29)25-22(12-20(15-28-25)14-27-18(2)31)30(17)21-8-6-19(13-26)7-9-21/h6-9,12,15H,3-5,10-11,14,16H2,1-2H3,(H,27,31). The zero-order chi connectivity index (χ0) is 22.7. The van der Waals surface area contributed by atoms with Crippen molar-refractivity contribution in [2.24, 2.45) is 0 Å². The molecule has 1 aromatic carbocycles. The van der Waals surface area contributed by atoms with E-state index in [0.717, 1.165) is 48.4 Å². The lowest BCUT2D eigenvalue weighted by Crippen LogP contribution is -2.34. The summed E-state index contributed by atoms with van der Waals surface area (Å²) >= 11 is 0. The number of piperidine rings is 1. The molecule has 0 saturated carbocycles. The minimum absolute atomic E-state index is 0.0731.